The predicted octanol–water partition coefficient (Wildman–Crippen LogP) is 3.85. The number of aliphatic hydroxyl groups excluding tert-OH is 1. The first-order valence-corrected chi connectivity index (χ1v) is 9.52. The molecule has 28 heavy (non-hydrogen) atoms. The molecule has 0 spiro atoms. The largest absolute Gasteiger partial charge is 0.470 e. The molecule has 8 nitrogen and oxygen atoms in total. The zero-order chi connectivity index (χ0) is 20.1. The second kappa shape index (κ2) is 9.07. The molecule has 0 unspecified atom stereocenters. The first-order chi connectivity index (χ1) is 13.5. The molecule has 1 aromatic carbocycles. The van der Waals surface area contributed by atoms with Crippen LogP contribution in [-0.4, -0.2) is 34.3 Å². The number of benzene rings is 1. The maximum Gasteiger partial charge on any atom is 0.319 e. The van der Waals surface area contributed by atoms with E-state index >= 15 is 0 Å². The third-order valence-electron chi connectivity index (χ3n) is 4.48. The minimum atomic E-state index is -0.425. The standard InChI is InChI=1S/C18H20BrFN4O4/c19-14-7-11(3-6-15(14)20)21-17(24-27)13-8-28-9-16(13)23-18(26)22-10-1-4-12(25)5-2-10/h3,6-10,12,25,27H,1-2,4-5H2,(H,21,24)(H2,22,23,26). The molecule has 1 saturated carbocycles. The van der Waals surface area contributed by atoms with Crippen LogP contribution in [0, 0.1) is 5.82 Å². The number of anilines is 2. The van der Waals surface area contributed by atoms with Crippen molar-refractivity contribution in [2.45, 2.75) is 37.8 Å². The van der Waals surface area contributed by atoms with Crippen LogP contribution in [0.5, 0.6) is 0 Å². The van der Waals surface area contributed by atoms with E-state index in [9.17, 15) is 19.5 Å². The molecule has 0 atom stereocenters. The third-order valence-corrected chi connectivity index (χ3v) is 5.09. The summed E-state index contributed by atoms with van der Waals surface area (Å²) in [5.41, 5.74) is 1.09. The number of carbonyl (C=O) groups is 1. The quantitative estimate of drug-likeness (QED) is 0.208. The highest BCUT2D eigenvalue weighted by atomic mass is 79.9. The van der Waals surface area contributed by atoms with Crippen molar-refractivity contribution in [2.24, 2.45) is 5.16 Å². The molecule has 150 valence electrons. The van der Waals surface area contributed by atoms with E-state index in [4.69, 9.17) is 4.42 Å². The van der Waals surface area contributed by atoms with Crippen molar-refractivity contribution < 1.29 is 23.9 Å². The molecule has 10 heteroatoms. The van der Waals surface area contributed by atoms with Crippen LogP contribution in [0.1, 0.15) is 31.2 Å². The van der Waals surface area contributed by atoms with E-state index in [1.54, 1.807) is 0 Å². The van der Waals surface area contributed by atoms with Gasteiger partial charge < -0.3 is 30.7 Å². The van der Waals surface area contributed by atoms with Crippen molar-refractivity contribution in [2.75, 3.05) is 10.6 Å². The number of furan rings is 1. The summed E-state index contributed by atoms with van der Waals surface area (Å²) in [4.78, 5) is 12.3. The van der Waals surface area contributed by atoms with Crippen LogP contribution in [0.2, 0.25) is 0 Å². The van der Waals surface area contributed by atoms with Gasteiger partial charge in [-0.1, -0.05) is 5.16 Å². The van der Waals surface area contributed by atoms with Crippen LogP contribution in [0.25, 0.3) is 0 Å². The van der Waals surface area contributed by atoms with Crippen molar-refractivity contribution >= 4 is 39.2 Å². The van der Waals surface area contributed by atoms with Gasteiger partial charge in [-0.15, -0.1) is 0 Å². The van der Waals surface area contributed by atoms with Gasteiger partial charge in [0, 0.05) is 11.7 Å². The fourth-order valence-electron chi connectivity index (χ4n) is 3.00. The zero-order valence-corrected chi connectivity index (χ0v) is 16.4. The highest BCUT2D eigenvalue weighted by molar-refractivity contribution is 9.10. The average Bonchev–Trinajstić information content (AvgIpc) is 3.12. The Kier molecular flexibility index (Phi) is 6.53. The Morgan fingerprint density at radius 1 is 1.21 bits per heavy atom. The molecule has 1 aromatic heterocycles. The van der Waals surface area contributed by atoms with E-state index in [-0.39, 0.29) is 22.5 Å². The lowest BCUT2D eigenvalue weighted by Gasteiger charge is -2.26. The second-order valence-corrected chi connectivity index (χ2v) is 7.36. The SMILES string of the molecule is O=C(Nc1cocc1/C(=N/O)Nc1ccc(F)c(Br)c1)NC1CCC(O)CC1. The van der Waals surface area contributed by atoms with E-state index in [1.807, 2.05) is 0 Å². The van der Waals surface area contributed by atoms with Gasteiger partial charge in [0.05, 0.1) is 21.8 Å². The average molecular weight is 455 g/mol. The Labute approximate surface area is 168 Å². The molecule has 5 N–H and O–H groups in total. The Balaban J connectivity index is 1.65. The molecule has 0 aliphatic heterocycles. The number of aliphatic hydroxyl groups is 1. The van der Waals surface area contributed by atoms with Crippen molar-refractivity contribution in [1.29, 1.82) is 0 Å². The van der Waals surface area contributed by atoms with Crippen LogP contribution >= 0.6 is 15.9 Å². The number of halogens is 2. The van der Waals surface area contributed by atoms with E-state index < -0.39 is 11.8 Å². The van der Waals surface area contributed by atoms with Crippen molar-refractivity contribution in [1.82, 2.24) is 5.32 Å². The maximum atomic E-state index is 13.4. The number of hydrogen-bond donors (Lipinski definition) is 5. The fraction of sp³-hybridized carbons (Fsp3) is 0.333. The number of urea groups is 1. The number of rotatable bonds is 4. The molecule has 0 bridgehead atoms. The molecular formula is C18H20BrFN4O4. The molecule has 2 amide bonds. The van der Waals surface area contributed by atoms with Gasteiger partial charge in [0.15, 0.2) is 5.84 Å². The summed E-state index contributed by atoms with van der Waals surface area (Å²) >= 11 is 3.09. The molecule has 1 heterocycles. The highest BCUT2D eigenvalue weighted by Gasteiger charge is 2.22. The first kappa shape index (κ1) is 20.2. The minimum absolute atomic E-state index is 0.0144. The normalized spacial score (nSPS) is 19.9. The van der Waals surface area contributed by atoms with Gasteiger partial charge in [-0.05, 0) is 59.8 Å². The van der Waals surface area contributed by atoms with Crippen LogP contribution in [0.15, 0.2) is 44.8 Å². The summed E-state index contributed by atoms with van der Waals surface area (Å²) in [5, 5.41) is 30.5. The minimum Gasteiger partial charge on any atom is -0.470 e. The summed E-state index contributed by atoms with van der Waals surface area (Å²) in [6, 6.07) is 3.77. The Bertz CT molecular complexity index is 865. The second-order valence-electron chi connectivity index (χ2n) is 6.51. The number of amidine groups is 1. The Morgan fingerprint density at radius 3 is 2.64 bits per heavy atom. The number of amides is 2. The van der Waals surface area contributed by atoms with Crippen LogP contribution in [0.4, 0.5) is 20.6 Å². The summed E-state index contributed by atoms with van der Waals surface area (Å²) in [6.07, 6.45) is 5.04. The number of nitrogens with zero attached hydrogens (tertiary/aromatic N) is 1. The molecular weight excluding hydrogens is 435 g/mol. The number of oxime groups is 1. The number of hydrogen-bond acceptors (Lipinski definition) is 5. The third kappa shape index (κ3) is 5.02. The highest BCUT2D eigenvalue weighted by Crippen LogP contribution is 2.23. The van der Waals surface area contributed by atoms with Gasteiger partial charge >= 0.3 is 6.03 Å². The van der Waals surface area contributed by atoms with Crippen molar-refractivity contribution in [3.8, 4) is 0 Å². The fourth-order valence-corrected chi connectivity index (χ4v) is 3.38. The van der Waals surface area contributed by atoms with Gasteiger partial charge in [0.25, 0.3) is 0 Å². The first-order valence-electron chi connectivity index (χ1n) is 8.72. The summed E-state index contributed by atoms with van der Waals surface area (Å²) < 4.78 is 18.8. The maximum absolute atomic E-state index is 13.4. The topological polar surface area (TPSA) is 119 Å². The van der Waals surface area contributed by atoms with Crippen LogP contribution in [0.3, 0.4) is 0 Å². The molecule has 1 aliphatic rings. The van der Waals surface area contributed by atoms with Crippen LogP contribution in [-0.2, 0) is 0 Å². The zero-order valence-electron chi connectivity index (χ0n) is 14.8. The van der Waals surface area contributed by atoms with Gasteiger partial charge in [-0.25, -0.2) is 9.18 Å². The van der Waals surface area contributed by atoms with Gasteiger partial charge in [-0.3, -0.25) is 0 Å². The Hall–Kier alpha value is -2.59. The monoisotopic (exact) mass is 454 g/mol. The van der Waals surface area contributed by atoms with Crippen LogP contribution < -0.4 is 16.0 Å². The molecule has 0 radical (unpaired) electrons. The van der Waals surface area contributed by atoms with E-state index in [0.717, 1.165) is 0 Å². The molecule has 3 rings (SSSR count). The molecule has 1 aliphatic carbocycles. The summed E-state index contributed by atoms with van der Waals surface area (Å²) in [5.74, 6) is -0.408. The number of carbonyl (C=O) groups excluding carboxylic acids is 1. The smallest absolute Gasteiger partial charge is 0.319 e. The van der Waals surface area contributed by atoms with E-state index in [2.05, 4.69) is 37.0 Å². The van der Waals surface area contributed by atoms with Gasteiger partial charge in [-0.2, -0.15) is 0 Å². The number of nitrogens with one attached hydrogen (secondary N) is 3. The van der Waals surface area contributed by atoms with Crippen molar-refractivity contribution in [3.05, 3.63) is 46.6 Å². The molecule has 2 aromatic rings. The lowest BCUT2D eigenvalue weighted by Crippen LogP contribution is -2.41. The molecule has 1 fully saturated rings. The predicted molar refractivity (Wildman–Crippen MR) is 105 cm³/mol. The van der Waals surface area contributed by atoms with Crippen molar-refractivity contribution in [3.63, 3.8) is 0 Å². The summed E-state index contributed by atoms with van der Waals surface area (Å²) in [7, 11) is 0. The lowest BCUT2D eigenvalue weighted by molar-refractivity contribution is 0.118. The van der Waals surface area contributed by atoms with E-state index in [1.165, 1.54) is 30.7 Å². The summed E-state index contributed by atoms with van der Waals surface area (Å²) in [6.45, 7) is 0. The molecule has 0 saturated heterocycles. The lowest BCUT2D eigenvalue weighted by atomic mass is 9.93. The van der Waals surface area contributed by atoms with Gasteiger partial charge in [0.2, 0.25) is 0 Å². The Morgan fingerprint density at radius 2 is 1.96 bits per heavy atom. The van der Waals surface area contributed by atoms with E-state index in [0.29, 0.717) is 42.6 Å². The van der Waals surface area contributed by atoms with Gasteiger partial charge in [0.1, 0.15) is 18.3 Å².